The molecule has 16 nitrogen and oxygen atoms in total. The molecule has 2 N–H and O–H groups in total. The second-order valence-electron chi connectivity index (χ2n) is 14.3. The topological polar surface area (TPSA) is 185 Å². The highest BCUT2D eigenvalue weighted by molar-refractivity contribution is 6.39. The van der Waals surface area contributed by atoms with Crippen molar-refractivity contribution in [2.75, 3.05) is 58.2 Å². The number of aliphatic carboxylic acids is 1. The van der Waals surface area contributed by atoms with Crippen LogP contribution in [0.1, 0.15) is 21.5 Å². The molecule has 1 aliphatic rings. The molecular weight excluding hydrogens is 839 g/mol. The van der Waals surface area contributed by atoms with Crippen LogP contribution in [0, 0.1) is 0 Å². The van der Waals surface area contributed by atoms with Crippen molar-refractivity contribution >= 4 is 40.8 Å². The Kier molecular flexibility index (Phi) is 14.6. The van der Waals surface area contributed by atoms with E-state index in [1.165, 1.54) is 35.9 Å². The lowest BCUT2D eigenvalue weighted by molar-refractivity contribution is -0.139. The van der Waals surface area contributed by atoms with Gasteiger partial charge in [-0.2, -0.15) is 5.10 Å². The molecule has 62 heavy (non-hydrogen) atoms. The zero-order chi connectivity index (χ0) is 43.6. The number of nitrogens with one attached hydrogen (secondary N) is 1. The van der Waals surface area contributed by atoms with Gasteiger partial charge in [0.25, 0.3) is 11.5 Å². The van der Waals surface area contributed by atoms with Crippen molar-refractivity contribution in [1.82, 2.24) is 35.1 Å². The summed E-state index contributed by atoms with van der Waals surface area (Å²) in [5, 5.41) is 25.5. The smallest absolute Gasteiger partial charge is 0.326 e. The Morgan fingerprint density at radius 1 is 0.823 bits per heavy atom. The van der Waals surface area contributed by atoms with E-state index in [0.717, 1.165) is 34.7 Å². The van der Waals surface area contributed by atoms with Crippen molar-refractivity contribution in [3.05, 3.63) is 128 Å². The Balaban J connectivity index is 0.838. The molecule has 1 amide bonds. The fourth-order valence-electron chi connectivity index (χ4n) is 7.06. The number of carbonyl (C=O) groups excluding carboxylic acids is 1. The Hall–Kier alpha value is -6.17. The lowest BCUT2D eigenvalue weighted by atomic mass is 9.96. The fraction of sp³-hybridized carbons (Fsp3) is 0.295. The molecule has 6 aromatic rings. The van der Waals surface area contributed by atoms with Crippen LogP contribution in [0.25, 0.3) is 33.6 Å². The minimum Gasteiger partial charge on any atom is -0.489 e. The van der Waals surface area contributed by atoms with Crippen molar-refractivity contribution in [2.45, 2.75) is 25.6 Å². The Morgan fingerprint density at radius 3 is 2.18 bits per heavy atom. The number of benzene rings is 3. The number of hydrogen-bond acceptors (Lipinski definition) is 12. The number of carboxylic acids is 1. The summed E-state index contributed by atoms with van der Waals surface area (Å²) in [6.45, 7) is 3.58. The first-order valence-electron chi connectivity index (χ1n) is 19.8. The highest BCUT2D eigenvalue weighted by Crippen LogP contribution is 2.40. The molecule has 0 fully saturated rings. The number of amides is 1. The van der Waals surface area contributed by atoms with Gasteiger partial charge in [0.15, 0.2) is 5.75 Å². The number of ether oxygens (including phenoxy) is 4. The van der Waals surface area contributed by atoms with Crippen LogP contribution in [0.15, 0.2) is 96.2 Å². The van der Waals surface area contributed by atoms with Crippen molar-refractivity contribution in [3.63, 3.8) is 0 Å². The average Bonchev–Trinajstić information content (AvgIpc) is 3.68. The summed E-state index contributed by atoms with van der Waals surface area (Å²) < 4.78 is 26.3. The van der Waals surface area contributed by atoms with Crippen LogP contribution in [0.5, 0.6) is 5.75 Å². The monoisotopic (exact) mass is 882 g/mol. The standard InChI is InChI=1S/C44H44Cl2N8O8/c1-52-27-30-7-3-4-8-31(30)41-40(32-9-5-6-10-36(32)52)50-51-54(41)15-16-59-17-18-60-19-20-61-21-22-62-37-26-48-53(2)43(56)38(37)29-13-11-28(12-14-29)23-35(44(57)58)49-42(55)39-33(45)24-47-25-34(39)46/h3-14,24-26,35H,15-23,27H2,1-2H3,(H,49,55)(H,57,58)/t35-/m0/s1. The van der Waals surface area contributed by atoms with E-state index in [9.17, 15) is 19.5 Å². The number of fused-ring (bicyclic) bond motifs is 5. The normalized spacial score (nSPS) is 12.4. The molecule has 3 aromatic carbocycles. The van der Waals surface area contributed by atoms with Gasteiger partial charge in [0.1, 0.15) is 18.3 Å². The minimum atomic E-state index is -1.29. The number of nitrogens with zero attached hydrogens (tertiary/aromatic N) is 7. The number of anilines is 1. The van der Waals surface area contributed by atoms with Crippen LogP contribution in [0.2, 0.25) is 10.0 Å². The molecule has 0 aliphatic carbocycles. The van der Waals surface area contributed by atoms with E-state index in [2.05, 4.69) is 68.0 Å². The maximum atomic E-state index is 13.2. The molecule has 18 heteroatoms. The van der Waals surface area contributed by atoms with E-state index in [4.69, 9.17) is 42.1 Å². The van der Waals surface area contributed by atoms with Gasteiger partial charge in [-0.05, 0) is 22.8 Å². The highest BCUT2D eigenvalue weighted by Gasteiger charge is 2.26. The van der Waals surface area contributed by atoms with Gasteiger partial charge in [0.05, 0.1) is 79.2 Å². The largest absolute Gasteiger partial charge is 0.489 e. The van der Waals surface area contributed by atoms with E-state index in [0.29, 0.717) is 50.7 Å². The zero-order valence-electron chi connectivity index (χ0n) is 34.0. The first-order valence-corrected chi connectivity index (χ1v) is 20.5. The predicted molar refractivity (Wildman–Crippen MR) is 233 cm³/mol. The molecule has 0 saturated heterocycles. The molecule has 0 bridgehead atoms. The van der Waals surface area contributed by atoms with Gasteiger partial charge < -0.3 is 34.3 Å². The number of aryl methyl sites for hydroxylation is 1. The number of para-hydroxylation sites is 1. The number of halogens is 2. The lowest BCUT2D eigenvalue weighted by Gasteiger charge is -2.26. The molecule has 0 radical (unpaired) electrons. The summed E-state index contributed by atoms with van der Waals surface area (Å²) in [6.07, 6.45) is 3.89. The number of carboxylic acid groups (broad SMARTS) is 1. The number of hydrogen-bond donors (Lipinski definition) is 2. The van der Waals surface area contributed by atoms with E-state index >= 15 is 0 Å². The van der Waals surface area contributed by atoms with E-state index in [1.807, 2.05) is 22.9 Å². The van der Waals surface area contributed by atoms with Gasteiger partial charge >= 0.3 is 5.97 Å². The fourth-order valence-corrected chi connectivity index (χ4v) is 7.59. The minimum absolute atomic E-state index is 0.00764. The molecule has 322 valence electrons. The predicted octanol–water partition coefficient (Wildman–Crippen LogP) is 5.58. The average molecular weight is 884 g/mol. The number of pyridine rings is 1. The summed E-state index contributed by atoms with van der Waals surface area (Å²) in [7, 11) is 3.62. The van der Waals surface area contributed by atoms with Crippen LogP contribution in [-0.4, -0.2) is 106 Å². The van der Waals surface area contributed by atoms with Gasteiger partial charge in [-0.1, -0.05) is 95.1 Å². The summed E-state index contributed by atoms with van der Waals surface area (Å²) in [4.78, 5) is 44.1. The third-order valence-corrected chi connectivity index (χ3v) is 10.7. The molecule has 0 saturated carbocycles. The maximum absolute atomic E-state index is 13.2. The summed E-state index contributed by atoms with van der Waals surface area (Å²) in [5.74, 6) is -1.74. The second-order valence-corrected chi connectivity index (χ2v) is 15.1. The molecule has 3 aromatic heterocycles. The first kappa shape index (κ1) is 43.9. The molecule has 0 unspecified atom stereocenters. The summed E-state index contributed by atoms with van der Waals surface area (Å²) >= 11 is 12.2. The molecule has 7 rings (SSSR count). The van der Waals surface area contributed by atoms with Crippen LogP contribution in [-0.2, 0) is 45.6 Å². The molecule has 1 aliphatic heterocycles. The van der Waals surface area contributed by atoms with Crippen LogP contribution >= 0.6 is 23.2 Å². The van der Waals surface area contributed by atoms with Crippen molar-refractivity contribution < 1.29 is 33.6 Å². The van der Waals surface area contributed by atoms with E-state index < -0.39 is 17.9 Å². The Labute approximate surface area is 366 Å². The van der Waals surface area contributed by atoms with Crippen molar-refractivity contribution in [2.24, 2.45) is 7.05 Å². The zero-order valence-corrected chi connectivity index (χ0v) is 35.5. The van der Waals surface area contributed by atoms with Gasteiger partial charge in [0, 0.05) is 56.3 Å². The third kappa shape index (κ3) is 10.3. The highest BCUT2D eigenvalue weighted by atomic mass is 35.5. The maximum Gasteiger partial charge on any atom is 0.326 e. The number of aromatic nitrogens is 6. The molecule has 0 spiro atoms. The quantitative estimate of drug-likeness (QED) is 0.0963. The Bertz CT molecular complexity index is 2570. The summed E-state index contributed by atoms with van der Waals surface area (Å²) in [5.41, 5.74) is 7.22. The second kappa shape index (κ2) is 20.6. The lowest BCUT2D eigenvalue weighted by Crippen LogP contribution is -2.42. The van der Waals surface area contributed by atoms with Crippen LogP contribution < -0.4 is 20.5 Å². The van der Waals surface area contributed by atoms with Gasteiger partial charge in [-0.3, -0.25) is 14.6 Å². The van der Waals surface area contributed by atoms with Gasteiger partial charge in [-0.25, -0.2) is 14.2 Å². The van der Waals surface area contributed by atoms with Gasteiger partial charge in [0.2, 0.25) is 0 Å². The number of carbonyl (C=O) groups is 2. The molecule has 1 atom stereocenters. The van der Waals surface area contributed by atoms with Crippen LogP contribution in [0.4, 0.5) is 5.69 Å². The Morgan fingerprint density at radius 2 is 1.47 bits per heavy atom. The van der Waals surface area contributed by atoms with Crippen molar-refractivity contribution in [3.8, 4) is 39.4 Å². The number of rotatable bonds is 19. The molecule has 4 heterocycles. The molecular formula is C44H44Cl2N8O8. The van der Waals surface area contributed by atoms with E-state index in [1.54, 1.807) is 24.3 Å². The summed E-state index contributed by atoms with van der Waals surface area (Å²) in [6, 6.07) is 22.0. The van der Waals surface area contributed by atoms with Gasteiger partial charge in [-0.15, -0.1) is 5.10 Å². The van der Waals surface area contributed by atoms with Crippen LogP contribution in [0.3, 0.4) is 0 Å². The van der Waals surface area contributed by atoms with E-state index in [-0.39, 0.29) is 52.1 Å². The first-order chi connectivity index (χ1) is 30.1. The SMILES string of the molecule is CN1Cc2ccccc2-c2c(nnn2CCOCCOCCOCCOc2cnn(C)c(=O)c2-c2ccc(C[C@H](NC(=O)c3c(Cl)cncc3Cl)C(=O)O)cc2)-c2ccccc21. The van der Waals surface area contributed by atoms with Crippen molar-refractivity contribution in [1.29, 1.82) is 0 Å². The third-order valence-electron chi connectivity index (χ3n) is 10.1.